The maximum atomic E-state index is 10.6. The lowest BCUT2D eigenvalue weighted by atomic mass is 10.0. The fraction of sp³-hybridized carbons (Fsp3) is 0.360. The highest BCUT2D eigenvalue weighted by Gasteiger charge is 2.15. The van der Waals surface area contributed by atoms with Crippen LogP contribution in [-0.4, -0.2) is 36.4 Å². The van der Waals surface area contributed by atoms with Crippen molar-refractivity contribution in [3.63, 3.8) is 0 Å². The number of hydrogen-bond acceptors (Lipinski definition) is 5. The van der Waals surface area contributed by atoms with E-state index in [0.29, 0.717) is 24.8 Å². The molecule has 3 rings (SSSR count). The second kappa shape index (κ2) is 10.9. The molecule has 0 aliphatic heterocycles. The second-order valence-corrected chi connectivity index (χ2v) is 7.79. The van der Waals surface area contributed by atoms with E-state index in [-0.39, 0.29) is 6.61 Å². The van der Waals surface area contributed by atoms with E-state index in [1.807, 2.05) is 36.4 Å². The van der Waals surface area contributed by atoms with Gasteiger partial charge in [0.05, 0.1) is 19.9 Å². The van der Waals surface area contributed by atoms with Crippen LogP contribution in [0.5, 0.6) is 11.5 Å². The number of rotatable bonds is 11. The molecule has 0 aliphatic carbocycles. The summed E-state index contributed by atoms with van der Waals surface area (Å²) in [5.74, 6) is 2.86. The first-order valence-corrected chi connectivity index (χ1v) is 10.3. The van der Waals surface area contributed by atoms with E-state index in [9.17, 15) is 5.11 Å². The van der Waals surface area contributed by atoms with Gasteiger partial charge in [0.1, 0.15) is 30.0 Å². The number of benzene rings is 2. The second-order valence-electron chi connectivity index (χ2n) is 7.79. The van der Waals surface area contributed by atoms with E-state index in [4.69, 9.17) is 13.9 Å². The van der Waals surface area contributed by atoms with Crippen LogP contribution >= 0.6 is 0 Å². The van der Waals surface area contributed by atoms with Crippen molar-refractivity contribution in [2.75, 3.05) is 20.3 Å². The Morgan fingerprint density at radius 2 is 1.63 bits per heavy atom. The normalized spacial score (nSPS) is 12.3. The molecule has 1 atom stereocenters. The molecule has 5 nitrogen and oxygen atoms in total. The van der Waals surface area contributed by atoms with Crippen LogP contribution in [0.15, 0.2) is 71.3 Å². The average Bonchev–Trinajstić information content (AvgIpc) is 3.26. The van der Waals surface area contributed by atoms with Gasteiger partial charge in [0.2, 0.25) is 0 Å². The van der Waals surface area contributed by atoms with Gasteiger partial charge in [-0.1, -0.05) is 38.1 Å². The highest BCUT2D eigenvalue weighted by molar-refractivity contribution is 5.31. The van der Waals surface area contributed by atoms with Gasteiger partial charge >= 0.3 is 0 Å². The molecule has 0 bridgehead atoms. The van der Waals surface area contributed by atoms with Crippen molar-refractivity contribution in [2.45, 2.75) is 39.0 Å². The average molecular weight is 410 g/mol. The summed E-state index contributed by atoms with van der Waals surface area (Å²) in [6.45, 7) is 6.42. The number of hydrogen-bond donors (Lipinski definition) is 1. The minimum Gasteiger partial charge on any atom is -0.497 e. The molecule has 30 heavy (non-hydrogen) atoms. The lowest BCUT2D eigenvalue weighted by Crippen LogP contribution is -2.35. The molecular formula is C25H31NO4. The fourth-order valence-corrected chi connectivity index (χ4v) is 3.29. The van der Waals surface area contributed by atoms with Crippen molar-refractivity contribution >= 4 is 0 Å². The van der Waals surface area contributed by atoms with Gasteiger partial charge in [-0.15, -0.1) is 0 Å². The predicted molar refractivity (Wildman–Crippen MR) is 118 cm³/mol. The summed E-state index contributed by atoms with van der Waals surface area (Å²) in [5.41, 5.74) is 2.53. The summed E-state index contributed by atoms with van der Waals surface area (Å²) in [6.07, 6.45) is 1.05. The number of aliphatic hydroxyl groups is 1. The summed E-state index contributed by atoms with van der Waals surface area (Å²) in [6, 6.07) is 19.9. The molecule has 1 unspecified atom stereocenters. The molecule has 1 aromatic heterocycles. The van der Waals surface area contributed by atoms with Gasteiger partial charge in [0.25, 0.3) is 0 Å². The predicted octanol–water partition coefficient (Wildman–Crippen LogP) is 4.85. The lowest BCUT2D eigenvalue weighted by molar-refractivity contribution is 0.0604. The molecule has 0 amide bonds. The first-order chi connectivity index (χ1) is 14.5. The SMILES string of the molecule is COc1ccc(OCC(O)CN(Cc2ccc(C(C)C)cc2)Cc2ccco2)cc1. The molecule has 2 aromatic carbocycles. The Balaban J connectivity index is 1.59. The summed E-state index contributed by atoms with van der Waals surface area (Å²) in [7, 11) is 1.63. The highest BCUT2D eigenvalue weighted by Crippen LogP contribution is 2.19. The highest BCUT2D eigenvalue weighted by atomic mass is 16.5. The maximum absolute atomic E-state index is 10.6. The molecule has 0 spiro atoms. The topological polar surface area (TPSA) is 55.1 Å². The third kappa shape index (κ3) is 6.65. The van der Waals surface area contributed by atoms with Crippen molar-refractivity contribution in [2.24, 2.45) is 0 Å². The molecule has 0 saturated carbocycles. The van der Waals surface area contributed by atoms with Crippen LogP contribution in [0, 0.1) is 0 Å². The van der Waals surface area contributed by atoms with Crippen molar-refractivity contribution in [1.29, 1.82) is 0 Å². The molecular weight excluding hydrogens is 378 g/mol. The number of methoxy groups -OCH3 is 1. The van der Waals surface area contributed by atoms with Crippen molar-refractivity contribution in [3.8, 4) is 11.5 Å². The van der Waals surface area contributed by atoms with Crippen LogP contribution in [0.2, 0.25) is 0 Å². The number of ether oxygens (including phenoxy) is 2. The standard InChI is InChI=1S/C25H31NO4/c1-19(2)21-8-6-20(7-9-21)15-26(17-25-5-4-14-29-25)16-22(27)18-30-24-12-10-23(28-3)11-13-24/h4-14,19,22,27H,15-18H2,1-3H3. The molecule has 0 aliphatic rings. The van der Waals surface area contributed by atoms with Gasteiger partial charge in [-0.05, 0) is 53.4 Å². The largest absolute Gasteiger partial charge is 0.497 e. The Labute approximate surface area is 178 Å². The Bertz CT molecular complexity index is 857. The molecule has 1 heterocycles. The van der Waals surface area contributed by atoms with E-state index in [1.165, 1.54) is 11.1 Å². The summed E-state index contributed by atoms with van der Waals surface area (Å²) < 4.78 is 16.4. The molecule has 0 radical (unpaired) electrons. The lowest BCUT2D eigenvalue weighted by Gasteiger charge is -2.24. The van der Waals surface area contributed by atoms with Gasteiger partial charge in [-0.2, -0.15) is 0 Å². The van der Waals surface area contributed by atoms with Crippen LogP contribution < -0.4 is 9.47 Å². The Kier molecular flexibility index (Phi) is 7.94. The minimum absolute atomic E-state index is 0.216. The molecule has 0 saturated heterocycles. The summed E-state index contributed by atoms with van der Waals surface area (Å²) >= 11 is 0. The van der Waals surface area contributed by atoms with Crippen molar-refractivity contribution in [3.05, 3.63) is 83.8 Å². The van der Waals surface area contributed by atoms with E-state index < -0.39 is 6.10 Å². The summed E-state index contributed by atoms with van der Waals surface area (Å²) in [4.78, 5) is 2.17. The van der Waals surface area contributed by atoms with Crippen LogP contribution in [0.3, 0.4) is 0 Å². The van der Waals surface area contributed by atoms with Gasteiger partial charge in [0, 0.05) is 13.1 Å². The van der Waals surface area contributed by atoms with Crippen molar-refractivity contribution in [1.82, 2.24) is 4.90 Å². The number of nitrogens with zero attached hydrogens (tertiary/aromatic N) is 1. The van der Waals surface area contributed by atoms with Crippen LogP contribution in [-0.2, 0) is 13.1 Å². The van der Waals surface area contributed by atoms with E-state index in [0.717, 1.165) is 18.1 Å². The van der Waals surface area contributed by atoms with Gasteiger partial charge < -0.3 is 19.0 Å². The molecule has 3 aromatic rings. The number of furan rings is 1. The number of aliphatic hydroxyl groups excluding tert-OH is 1. The van der Waals surface area contributed by atoms with E-state index >= 15 is 0 Å². The Hall–Kier alpha value is -2.76. The molecule has 160 valence electrons. The Morgan fingerprint density at radius 1 is 0.933 bits per heavy atom. The van der Waals surface area contributed by atoms with Crippen LogP contribution in [0.4, 0.5) is 0 Å². The van der Waals surface area contributed by atoms with Gasteiger partial charge in [-0.3, -0.25) is 4.90 Å². The van der Waals surface area contributed by atoms with Gasteiger partial charge in [0.15, 0.2) is 0 Å². The van der Waals surface area contributed by atoms with E-state index in [1.54, 1.807) is 13.4 Å². The van der Waals surface area contributed by atoms with Gasteiger partial charge in [-0.25, -0.2) is 0 Å². The third-order valence-corrected chi connectivity index (χ3v) is 4.98. The van der Waals surface area contributed by atoms with Crippen LogP contribution in [0.1, 0.15) is 36.7 Å². The fourth-order valence-electron chi connectivity index (χ4n) is 3.29. The first-order valence-electron chi connectivity index (χ1n) is 10.3. The Morgan fingerprint density at radius 3 is 2.23 bits per heavy atom. The zero-order valence-corrected chi connectivity index (χ0v) is 18.0. The monoisotopic (exact) mass is 409 g/mol. The zero-order chi connectivity index (χ0) is 21.3. The molecule has 0 fully saturated rings. The van der Waals surface area contributed by atoms with Crippen LogP contribution in [0.25, 0.3) is 0 Å². The molecule has 5 heteroatoms. The maximum Gasteiger partial charge on any atom is 0.119 e. The first kappa shape index (κ1) is 21.9. The third-order valence-electron chi connectivity index (χ3n) is 4.98. The zero-order valence-electron chi connectivity index (χ0n) is 18.0. The van der Waals surface area contributed by atoms with Crippen molar-refractivity contribution < 1.29 is 19.0 Å². The quantitative estimate of drug-likeness (QED) is 0.490. The minimum atomic E-state index is -0.628. The smallest absolute Gasteiger partial charge is 0.119 e. The van der Waals surface area contributed by atoms with E-state index in [2.05, 4.69) is 43.0 Å². The summed E-state index contributed by atoms with van der Waals surface area (Å²) in [5, 5.41) is 10.6. The molecule has 1 N–H and O–H groups in total.